The molecule has 1 fully saturated rings. The summed E-state index contributed by atoms with van der Waals surface area (Å²) in [6, 6.07) is 3.96. The lowest BCUT2D eigenvalue weighted by atomic mass is 10.1. The summed E-state index contributed by atoms with van der Waals surface area (Å²) in [5, 5.41) is 10.8. The number of thiophene rings is 1. The van der Waals surface area contributed by atoms with Crippen LogP contribution < -0.4 is 0 Å². The van der Waals surface area contributed by atoms with Gasteiger partial charge in [-0.15, -0.1) is 11.3 Å². The fraction of sp³-hybridized carbons (Fsp3) is 0.429. The second-order valence-corrected chi connectivity index (χ2v) is 6.06. The molecule has 2 aromatic heterocycles. The van der Waals surface area contributed by atoms with Gasteiger partial charge in [-0.25, -0.2) is 4.98 Å². The average molecular weight is 292 g/mol. The molecule has 0 radical (unpaired) electrons. The molecule has 1 aliphatic heterocycles. The highest BCUT2D eigenvalue weighted by Gasteiger charge is 2.25. The number of hydrogen-bond acceptors (Lipinski definition) is 5. The Labute approximate surface area is 120 Å². The first-order chi connectivity index (χ1) is 9.70. The molecule has 0 aromatic carbocycles. The molecular weight excluding hydrogens is 276 g/mol. The first-order valence-electron chi connectivity index (χ1n) is 6.63. The fourth-order valence-electron chi connectivity index (χ4n) is 2.59. The Morgan fingerprint density at radius 2 is 2.50 bits per heavy atom. The molecule has 0 saturated carbocycles. The number of carbonyl (C=O) groups is 1. The maximum Gasteiger partial charge on any atom is 0.303 e. The molecule has 1 N–H and O–H groups in total. The molecule has 3 rings (SSSR count). The van der Waals surface area contributed by atoms with Crippen LogP contribution in [0.1, 0.15) is 18.5 Å². The molecule has 1 aliphatic rings. The van der Waals surface area contributed by atoms with Crippen molar-refractivity contribution in [2.24, 2.45) is 5.92 Å². The molecule has 2 aromatic rings. The lowest BCUT2D eigenvalue weighted by Gasteiger charge is -2.13. The summed E-state index contributed by atoms with van der Waals surface area (Å²) in [6.07, 6.45) is 2.90. The summed E-state index contributed by atoms with van der Waals surface area (Å²) < 4.78 is 5.49. The van der Waals surface area contributed by atoms with Gasteiger partial charge in [0.15, 0.2) is 0 Å². The third-order valence-corrected chi connectivity index (χ3v) is 4.36. The second kappa shape index (κ2) is 5.76. The maximum atomic E-state index is 10.7. The van der Waals surface area contributed by atoms with Gasteiger partial charge < -0.3 is 9.52 Å². The molecule has 20 heavy (non-hydrogen) atoms. The maximum absolute atomic E-state index is 10.7. The minimum Gasteiger partial charge on any atom is -0.481 e. The van der Waals surface area contributed by atoms with Crippen molar-refractivity contribution in [3.05, 3.63) is 29.5 Å². The van der Waals surface area contributed by atoms with Crippen molar-refractivity contribution in [1.29, 1.82) is 0 Å². The molecule has 1 unspecified atom stereocenters. The van der Waals surface area contributed by atoms with Crippen LogP contribution >= 0.6 is 11.3 Å². The van der Waals surface area contributed by atoms with Crippen molar-refractivity contribution in [1.82, 2.24) is 9.88 Å². The molecular formula is C14H16N2O3S. The first kappa shape index (κ1) is 13.3. The second-order valence-electron chi connectivity index (χ2n) is 5.11. The highest BCUT2D eigenvalue weighted by atomic mass is 32.1. The Morgan fingerprint density at radius 1 is 1.60 bits per heavy atom. The molecule has 0 spiro atoms. The van der Waals surface area contributed by atoms with Gasteiger partial charge in [0, 0.05) is 19.5 Å². The number of likely N-dealkylation sites (tertiary alicyclic amines) is 1. The topological polar surface area (TPSA) is 66.6 Å². The summed E-state index contributed by atoms with van der Waals surface area (Å²) >= 11 is 1.60. The van der Waals surface area contributed by atoms with Gasteiger partial charge in [-0.3, -0.25) is 9.69 Å². The Balaban J connectivity index is 1.58. The largest absolute Gasteiger partial charge is 0.481 e. The van der Waals surface area contributed by atoms with Gasteiger partial charge in [-0.05, 0) is 30.3 Å². The van der Waals surface area contributed by atoms with E-state index in [2.05, 4.69) is 9.88 Å². The van der Waals surface area contributed by atoms with E-state index < -0.39 is 5.97 Å². The summed E-state index contributed by atoms with van der Waals surface area (Å²) in [7, 11) is 0. The molecule has 106 valence electrons. The van der Waals surface area contributed by atoms with Crippen molar-refractivity contribution < 1.29 is 14.3 Å². The summed E-state index contributed by atoms with van der Waals surface area (Å²) in [4.78, 5) is 18.5. The molecule has 0 amide bonds. The molecule has 3 heterocycles. The van der Waals surface area contributed by atoms with Gasteiger partial charge >= 0.3 is 5.97 Å². The first-order valence-corrected chi connectivity index (χ1v) is 7.51. The van der Waals surface area contributed by atoms with Gasteiger partial charge in [0.1, 0.15) is 6.26 Å². The van der Waals surface area contributed by atoms with Crippen LogP contribution in [-0.4, -0.2) is 34.0 Å². The number of aliphatic carboxylic acids is 1. The zero-order chi connectivity index (χ0) is 13.9. The van der Waals surface area contributed by atoms with Gasteiger partial charge in [0.2, 0.25) is 5.89 Å². The quantitative estimate of drug-likeness (QED) is 0.917. The number of oxazole rings is 1. The number of nitrogens with zero attached hydrogens (tertiary/aromatic N) is 2. The lowest BCUT2D eigenvalue weighted by Crippen LogP contribution is -2.21. The smallest absolute Gasteiger partial charge is 0.303 e. The molecule has 0 bridgehead atoms. The van der Waals surface area contributed by atoms with Crippen molar-refractivity contribution in [2.45, 2.75) is 19.4 Å². The summed E-state index contributed by atoms with van der Waals surface area (Å²) in [6.45, 7) is 2.48. The van der Waals surface area contributed by atoms with Crippen molar-refractivity contribution in [3.8, 4) is 10.8 Å². The van der Waals surface area contributed by atoms with Gasteiger partial charge in [0.25, 0.3) is 0 Å². The summed E-state index contributed by atoms with van der Waals surface area (Å²) in [5.74, 6) is 0.214. The molecule has 1 atom stereocenters. The van der Waals surface area contributed by atoms with E-state index in [0.717, 1.165) is 36.6 Å². The van der Waals surface area contributed by atoms with Crippen LogP contribution in [0.3, 0.4) is 0 Å². The van der Waals surface area contributed by atoms with E-state index in [1.54, 1.807) is 17.6 Å². The fourth-order valence-corrected chi connectivity index (χ4v) is 3.25. The van der Waals surface area contributed by atoms with E-state index in [-0.39, 0.29) is 12.3 Å². The zero-order valence-electron chi connectivity index (χ0n) is 11.0. The number of carboxylic acids is 1. The minimum absolute atomic E-state index is 0.260. The average Bonchev–Trinajstić information content (AvgIpc) is 3.09. The Kier molecular flexibility index (Phi) is 3.84. The highest BCUT2D eigenvalue weighted by molar-refractivity contribution is 7.13. The normalized spacial score (nSPS) is 19.5. The molecule has 6 heteroatoms. The van der Waals surface area contributed by atoms with Crippen LogP contribution in [0.2, 0.25) is 0 Å². The SMILES string of the molecule is O=C(O)CC1CCN(Cc2coc(-c3cccs3)n2)C1. The zero-order valence-corrected chi connectivity index (χ0v) is 11.8. The summed E-state index contributed by atoms with van der Waals surface area (Å²) in [5.41, 5.74) is 0.907. The van der Waals surface area contributed by atoms with Crippen molar-refractivity contribution in [3.63, 3.8) is 0 Å². The van der Waals surface area contributed by atoms with Gasteiger partial charge in [0.05, 0.1) is 10.6 Å². The third kappa shape index (κ3) is 3.08. The Morgan fingerprint density at radius 3 is 3.25 bits per heavy atom. The predicted octanol–water partition coefficient (Wildman–Crippen LogP) is 2.70. The van der Waals surface area contributed by atoms with Gasteiger partial charge in [-0.2, -0.15) is 0 Å². The molecule has 1 saturated heterocycles. The van der Waals surface area contributed by atoms with Crippen LogP contribution in [0.25, 0.3) is 10.8 Å². The molecule has 5 nitrogen and oxygen atoms in total. The van der Waals surface area contributed by atoms with Crippen LogP contribution in [-0.2, 0) is 11.3 Å². The molecule has 0 aliphatic carbocycles. The minimum atomic E-state index is -0.710. The van der Waals surface area contributed by atoms with Gasteiger partial charge in [-0.1, -0.05) is 6.07 Å². The van der Waals surface area contributed by atoms with Crippen LogP contribution in [0, 0.1) is 5.92 Å². The Hall–Kier alpha value is -1.66. The van der Waals surface area contributed by atoms with E-state index >= 15 is 0 Å². The van der Waals surface area contributed by atoms with Crippen molar-refractivity contribution >= 4 is 17.3 Å². The van der Waals surface area contributed by atoms with Crippen LogP contribution in [0.15, 0.2) is 28.2 Å². The number of rotatable bonds is 5. The van der Waals surface area contributed by atoms with E-state index in [1.165, 1.54) is 0 Å². The third-order valence-electron chi connectivity index (χ3n) is 3.50. The predicted molar refractivity (Wildman–Crippen MR) is 75.5 cm³/mol. The Bertz CT molecular complexity index is 579. The lowest BCUT2D eigenvalue weighted by molar-refractivity contribution is -0.138. The van der Waals surface area contributed by atoms with Crippen LogP contribution in [0.4, 0.5) is 0 Å². The van der Waals surface area contributed by atoms with E-state index in [0.29, 0.717) is 5.89 Å². The highest BCUT2D eigenvalue weighted by Crippen LogP contribution is 2.25. The standard InChI is InChI=1S/C14H16N2O3S/c17-13(18)6-10-3-4-16(7-10)8-11-9-19-14(15-11)12-2-1-5-20-12/h1-2,5,9-10H,3-4,6-8H2,(H,17,18). The van der Waals surface area contributed by atoms with E-state index in [9.17, 15) is 4.79 Å². The van der Waals surface area contributed by atoms with E-state index in [1.807, 2.05) is 17.5 Å². The monoisotopic (exact) mass is 292 g/mol. The number of carboxylic acid groups (broad SMARTS) is 1. The van der Waals surface area contributed by atoms with Crippen LogP contribution in [0.5, 0.6) is 0 Å². The number of aromatic nitrogens is 1. The number of hydrogen-bond donors (Lipinski definition) is 1. The van der Waals surface area contributed by atoms with Crippen molar-refractivity contribution in [2.75, 3.05) is 13.1 Å². The van der Waals surface area contributed by atoms with E-state index in [4.69, 9.17) is 9.52 Å².